The third-order valence-corrected chi connectivity index (χ3v) is 6.90. The standard InChI is InChI=1S/C25H32ClN5O2/c1-15(2)27-13-20(17-4-6-19(26)7-5-17)25(33)31-10-8-18(9-11-31)23-22-16(3)12-21(32)30-24(22)29-14-28-23/h4-7,14-16,18,20,27H,8-13H2,1-3H3,(H,28,29,30,32)/t16-,20-/m1/s1. The Balaban J connectivity index is 1.47. The second-order valence-electron chi connectivity index (χ2n) is 9.44. The zero-order valence-electron chi connectivity index (χ0n) is 19.5. The van der Waals surface area contributed by atoms with Crippen LogP contribution in [0.4, 0.5) is 5.82 Å². The van der Waals surface area contributed by atoms with Crippen LogP contribution in [0, 0.1) is 0 Å². The van der Waals surface area contributed by atoms with Gasteiger partial charge in [0, 0.05) is 48.6 Å². The van der Waals surface area contributed by atoms with Crippen molar-refractivity contribution in [1.29, 1.82) is 0 Å². The van der Waals surface area contributed by atoms with Gasteiger partial charge in [0.2, 0.25) is 11.8 Å². The monoisotopic (exact) mass is 469 g/mol. The maximum absolute atomic E-state index is 13.5. The molecule has 7 nitrogen and oxygen atoms in total. The zero-order valence-corrected chi connectivity index (χ0v) is 20.2. The SMILES string of the molecule is CC(C)NC[C@@H](C(=O)N1CCC(c2ncnc3c2[C@H](C)CC(=O)N3)CC1)c1ccc(Cl)cc1. The van der Waals surface area contributed by atoms with Crippen molar-refractivity contribution >= 4 is 29.2 Å². The van der Waals surface area contributed by atoms with Crippen molar-refractivity contribution in [3.05, 3.63) is 52.4 Å². The summed E-state index contributed by atoms with van der Waals surface area (Å²) in [7, 11) is 0. The molecule has 2 aromatic rings. The summed E-state index contributed by atoms with van der Waals surface area (Å²) in [5.41, 5.74) is 3.06. The van der Waals surface area contributed by atoms with E-state index in [2.05, 4.69) is 41.4 Å². The number of halogens is 1. The lowest BCUT2D eigenvalue weighted by molar-refractivity contribution is -0.133. The molecule has 8 heteroatoms. The fourth-order valence-electron chi connectivity index (χ4n) is 4.87. The van der Waals surface area contributed by atoms with E-state index in [1.165, 1.54) is 6.33 Å². The number of benzene rings is 1. The number of aromatic nitrogens is 2. The quantitative estimate of drug-likeness (QED) is 0.666. The molecular weight excluding hydrogens is 438 g/mol. The Labute approximate surface area is 200 Å². The molecule has 1 aromatic heterocycles. The molecule has 176 valence electrons. The Kier molecular flexibility index (Phi) is 7.29. The van der Waals surface area contributed by atoms with Gasteiger partial charge in [0.1, 0.15) is 12.1 Å². The number of piperidine rings is 1. The Morgan fingerprint density at radius 2 is 1.91 bits per heavy atom. The van der Waals surface area contributed by atoms with Crippen LogP contribution in [0.1, 0.15) is 74.6 Å². The van der Waals surface area contributed by atoms with E-state index in [-0.39, 0.29) is 29.6 Å². The molecule has 1 fully saturated rings. The molecule has 0 aliphatic carbocycles. The first kappa shape index (κ1) is 23.6. The summed E-state index contributed by atoms with van der Waals surface area (Å²) in [6.07, 6.45) is 3.69. The second kappa shape index (κ2) is 10.2. The predicted octanol–water partition coefficient (Wildman–Crippen LogP) is 4.06. The molecule has 3 heterocycles. The van der Waals surface area contributed by atoms with E-state index in [0.29, 0.717) is 42.9 Å². The molecule has 0 spiro atoms. The Bertz CT molecular complexity index is 1000. The fraction of sp³-hybridized carbons (Fsp3) is 0.520. The van der Waals surface area contributed by atoms with E-state index < -0.39 is 0 Å². The molecule has 2 N–H and O–H groups in total. The second-order valence-corrected chi connectivity index (χ2v) is 9.88. The summed E-state index contributed by atoms with van der Waals surface area (Å²) < 4.78 is 0. The molecule has 33 heavy (non-hydrogen) atoms. The van der Waals surface area contributed by atoms with Crippen molar-refractivity contribution in [2.45, 2.75) is 63.8 Å². The van der Waals surface area contributed by atoms with Crippen molar-refractivity contribution in [2.24, 2.45) is 0 Å². The maximum Gasteiger partial charge on any atom is 0.231 e. The first-order valence-corrected chi connectivity index (χ1v) is 12.1. The lowest BCUT2D eigenvalue weighted by Gasteiger charge is -2.36. The van der Waals surface area contributed by atoms with Gasteiger partial charge in [-0.2, -0.15) is 0 Å². The van der Waals surface area contributed by atoms with E-state index >= 15 is 0 Å². The number of carbonyl (C=O) groups excluding carboxylic acids is 2. The van der Waals surface area contributed by atoms with Crippen molar-refractivity contribution in [1.82, 2.24) is 20.2 Å². The molecular formula is C25H32ClN5O2. The van der Waals surface area contributed by atoms with Crippen LogP contribution in [0.15, 0.2) is 30.6 Å². The van der Waals surface area contributed by atoms with Crippen LogP contribution >= 0.6 is 11.6 Å². The number of carbonyl (C=O) groups is 2. The van der Waals surface area contributed by atoms with Crippen LogP contribution in [0.5, 0.6) is 0 Å². The smallest absolute Gasteiger partial charge is 0.231 e. The highest BCUT2D eigenvalue weighted by Crippen LogP contribution is 2.38. The molecule has 2 aliphatic rings. The number of amides is 2. The molecule has 0 bridgehead atoms. The largest absolute Gasteiger partial charge is 0.342 e. The lowest BCUT2D eigenvalue weighted by Crippen LogP contribution is -2.44. The molecule has 4 rings (SSSR count). The summed E-state index contributed by atoms with van der Waals surface area (Å²) >= 11 is 6.07. The molecule has 0 unspecified atom stereocenters. The molecule has 2 amide bonds. The minimum absolute atomic E-state index is 0.00307. The number of likely N-dealkylation sites (tertiary alicyclic amines) is 1. The van der Waals surface area contributed by atoms with Crippen LogP contribution in [0.2, 0.25) is 5.02 Å². The zero-order chi connectivity index (χ0) is 23.5. The molecule has 0 radical (unpaired) electrons. The Hall–Kier alpha value is -2.51. The highest BCUT2D eigenvalue weighted by Gasteiger charge is 2.34. The van der Waals surface area contributed by atoms with Gasteiger partial charge in [0.15, 0.2) is 0 Å². The molecule has 0 saturated carbocycles. The number of anilines is 1. The van der Waals surface area contributed by atoms with E-state index in [9.17, 15) is 9.59 Å². The number of rotatable bonds is 6. The molecule has 2 atom stereocenters. The van der Waals surface area contributed by atoms with Crippen LogP contribution in [-0.2, 0) is 9.59 Å². The molecule has 1 aromatic carbocycles. The van der Waals surface area contributed by atoms with Gasteiger partial charge in [-0.1, -0.05) is 44.5 Å². The van der Waals surface area contributed by atoms with Crippen LogP contribution in [0.25, 0.3) is 0 Å². The first-order valence-electron chi connectivity index (χ1n) is 11.8. The van der Waals surface area contributed by atoms with E-state index in [0.717, 1.165) is 29.7 Å². The fourth-order valence-corrected chi connectivity index (χ4v) is 5.00. The van der Waals surface area contributed by atoms with Gasteiger partial charge in [0.05, 0.1) is 11.6 Å². The molecule has 1 saturated heterocycles. The Morgan fingerprint density at radius 3 is 2.58 bits per heavy atom. The minimum atomic E-state index is -0.247. The maximum atomic E-state index is 13.5. The number of hydrogen-bond acceptors (Lipinski definition) is 5. The topological polar surface area (TPSA) is 87.2 Å². The van der Waals surface area contributed by atoms with Crippen molar-refractivity contribution < 1.29 is 9.59 Å². The number of nitrogens with zero attached hydrogens (tertiary/aromatic N) is 3. The van der Waals surface area contributed by atoms with Crippen LogP contribution < -0.4 is 10.6 Å². The molecule has 2 aliphatic heterocycles. The highest BCUT2D eigenvalue weighted by atomic mass is 35.5. The number of hydrogen-bond donors (Lipinski definition) is 2. The van der Waals surface area contributed by atoms with E-state index in [1.807, 2.05) is 29.2 Å². The average molecular weight is 470 g/mol. The van der Waals surface area contributed by atoms with Gasteiger partial charge in [0.25, 0.3) is 0 Å². The third kappa shape index (κ3) is 5.36. The van der Waals surface area contributed by atoms with Gasteiger partial charge in [-0.05, 0) is 36.5 Å². The van der Waals surface area contributed by atoms with Crippen molar-refractivity contribution in [3.8, 4) is 0 Å². The lowest BCUT2D eigenvalue weighted by atomic mass is 9.84. The van der Waals surface area contributed by atoms with Gasteiger partial charge in [-0.25, -0.2) is 9.97 Å². The number of nitrogens with one attached hydrogen (secondary N) is 2. The van der Waals surface area contributed by atoms with Gasteiger partial charge < -0.3 is 15.5 Å². The van der Waals surface area contributed by atoms with E-state index in [1.54, 1.807) is 0 Å². The van der Waals surface area contributed by atoms with E-state index in [4.69, 9.17) is 11.6 Å². The van der Waals surface area contributed by atoms with Gasteiger partial charge in [-0.3, -0.25) is 9.59 Å². The van der Waals surface area contributed by atoms with Crippen molar-refractivity contribution in [2.75, 3.05) is 25.0 Å². The van der Waals surface area contributed by atoms with Gasteiger partial charge in [-0.15, -0.1) is 0 Å². The van der Waals surface area contributed by atoms with Crippen molar-refractivity contribution in [3.63, 3.8) is 0 Å². The summed E-state index contributed by atoms with van der Waals surface area (Å²) in [6.45, 7) is 8.20. The summed E-state index contributed by atoms with van der Waals surface area (Å²) in [4.78, 5) is 36.3. The van der Waals surface area contributed by atoms with Crippen LogP contribution in [-0.4, -0.2) is 52.4 Å². The third-order valence-electron chi connectivity index (χ3n) is 6.65. The Morgan fingerprint density at radius 1 is 1.21 bits per heavy atom. The predicted molar refractivity (Wildman–Crippen MR) is 130 cm³/mol. The highest BCUT2D eigenvalue weighted by molar-refractivity contribution is 6.30. The average Bonchev–Trinajstić information content (AvgIpc) is 2.79. The normalized spacial score (nSPS) is 19.8. The summed E-state index contributed by atoms with van der Waals surface area (Å²) in [6, 6.07) is 7.88. The number of fused-ring (bicyclic) bond motifs is 1. The summed E-state index contributed by atoms with van der Waals surface area (Å²) in [5, 5.41) is 6.98. The first-order chi connectivity index (χ1) is 15.8. The van der Waals surface area contributed by atoms with Gasteiger partial charge >= 0.3 is 0 Å². The minimum Gasteiger partial charge on any atom is -0.342 e. The summed E-state index contributed by atoms with van der Waals surface area (Å²) in [5.74, 6) is 0.901. The van der Waals surface area contributed by atoms with Crippen LogP contribution in [0.3, 0.4) is 0 Å².